The van der Waals surface area contributed by atoms with Gasteiger partial charge in [-0.2, -0.15) is 4.98 Å². The minimum Gasteiger partial charge on any atom is -0.337 e. The summed E-state index contributed by atoms with van der Waals surface area (Å²) < 4.78 is 5.30. The summed E-state index contributed by atoms with van der Waals surface area (Å²) in [5.41, 5.74) is 3.41. The molecule has 3 amide bonds. The number of hydrogen-bond donors (Lipinski definition) is 1. The van der Waals surface area contributed by atoms with Crippen LogP contribution >= 0.6 is 0 Å². The Kier molecular flexibility index (Phi) is 3.97. The van der Waals surface area contributed by atoms with Gasteiger partial charge in [-0.15, -0.1) is 0 Å². The number of rotatable bonds is 3. The first-order valence-electron chi connectivity index (χ1n) is 9.65. The summed E-state index contributed by atoms with van der Waals surface area (Å²) in [6.07, 6.45) is 1.85. The minimum atomic E-state index is -0.884. The zero-order chi connectivity index (χ0) is 20.0. The molecule has 2 aliphatic rings. The summed E-state index contributed by atoms with van der Waals surface area (Å²) in [5.74, 6) is 0.442. The van der Waals surface area contributed by atoms with Crippen molar-refractivity contribution in [3.05, 3.63) is 71.1 Å². The van der Waals surface area contributed by atoms with Crippen LogP contribution in [0.5, 0.6) is 0 Å². The molecule has 1 saturated heterocycles. The standard InChI is InChI=1S/C22H20N4O3/c1-14-6-8-16(9-7-14)19-23-18(29-25-19)13-26-20(27)22(24-21(26)28)11-10-15-4-2-3-5-17(15)12-22/h2-9H,10-13H2,1H3,(H,24,28). The Morgan fingerprint density at radius 1 is 1.10 bits per heavy atom. The number of urea groups is 1. The summed E-state index contributed by atoms with van der Waals surface area (Å²) in [6.45, 7) is 1.97. The Balaban J connectivity index is 1.36. The Labute approximate surface area is 167 Å². The number of carbonyl (C=O) groups is 2. The van der Waals surface area contributed by atoms with Gasteiger partial charge in [0.2, 0.25) is 11.7 Å². The zero-order valence-electron chi connectivity index (χ0n) is 16.0. The molecular formula is C22H20N4O3. The van der Waals surface area contributed by atoms with Crippen molar-refractivity contribution in [2.75, 3.05) is 0 Å². The van der Waals surface area contributed by atoms with Crippen LogP contribution in [-0.4, -0.2) is 32.5 Å². The van der Waals surface area contributed by atoms with Crippen molar-refractivity contribution in [1.29, 1.82) is 0 Å². The molecule has 146 valence electrons. The Bertz CT molecular complexity index is 1110. The van der Waals surface area contributed by atoms with Gasteiger partial charge in [0.25, 0.3) is 5.91 Å². The molecule has 7 heteroatoms. The highest BCUT2D eigenvalue weighted by Gasteiger charge is 2.52. The topological polar surface area (TPSA) is 88.3 Å². The average Bonchev–Trinajstić information content (AvgIpc) is 3.28. The van der Waals surface area contributed by atoms with E-state index in [0.717, 1.165) is 23.1 Å². The lowest BCUT2D eigenvalue weighted by Crippen LogP contribution is -2.51. The number of nitrogens with zero attached hydrogens (tertiary/aromatic N) is 3. The van der Waals surface area contributed by atoms with E-state index in [4.69, 9.17) is 4.52 Å². The molecule has 1 aromatic heterocycles. The zero-order valence-corrected chi connectivity index (χ0v) is 16.0. The molecule has 0 bridgehead atoms. The first-order valence-corrected chi connectivity index (χ1v) is 9.65. The third-order valence-electron chi connectivity index (χ3n) is 5.75. The van der Waals surface area contributed by atoms with Crippen LogP contribution in [0.4, 0.5) is 4.79 Å². The van der Waals surface area contributed by atoms with Crippen LogP contribution < -0.4 is 5.32 Å². The first kappa shape index (κ1) is 17.6. The second kappa shape index (κ2) is 6.55. The average molecular weight is 388 g/mol. The lowest BCUT2D eigenvalue weighted by molar-refractivity contribution is -0.132. The molecule has 2 heterocycles. The highest BCUT2D eigenvalue weighted by atomic mass is 16.5. The molecule has 7 nitrogen and oxygen atoms in total. The van der Waals surface area contributed by atoms with Gasteiger partial charge in [0.15, 0.2) is 0 Å². The Morgan fingerprint density at radius 2 is 1.86 bits per heavy atom. The molecule has 1 aliphatic carbocycles. The second-order valence-electron chi connectivity index (χ2n) is 7.73. The highest BCUT2D eigenvalue weighted by Crippen LogP contribution is 2.34. The normalized spacial score (nSPS) is 20.8. The summed E-state index contributed by atoms with van der Waals surface area (Å²) in [4.78, 5) is 31.3. The van der Waals surface area contributed by atoms with Crippen molar-refractivity contribution < 1.29 is 14.1 Å². The maximum atomic E-state index is 13.2. The van der Waals surface area contributed by atoms with Crippen LogP contribution in [0, 0.1) is 6.92 Å². The molecule has 1 fully saturated rings. The number of fused-ring (bicyclic) bond motifs is 1. The molecule has 0 radical (unpaired) electrons. The number of imide groups is 1. The van der Waals surface area contributed by atoms with E-state index in [9.17, 15) is 9.59 Å². The van der Waals surface area contributed by atoms with E-state index < -0.39 is 11.6 Å². The number of aryl methyl sites for hydroxylation is 2. The predicted octanol–water partition coefficient (Wildman–Crippen LogP) is 3.02. The molecule has 3 aromatic rings. The maximum absolute atomic E-state index is 13.2. The fourth-order valence-corrected chi connectivity index (χ4v) is 4.12. The molecule has 1 spiro atoms. The van der Waals surface area contributed by atoms with Crippen molar-refractivity contribution >= 4 is 11.9 Å². The van der Waals surface area contributed by atoms with Gasteiger partial charge in [-0.05, 0) is 30.9 Å². The van der Waals surface area contributed by atoms with E-state index in [1.165, 1.54) is 10.5 Å². The summed E-state index contributed by atoms with van der Waals surface area (Å²) >= 11 is 0. The van der Waals surface area contributed by atoms with Crippen LogP contribution in [-0.2, 0) is 24.2 Å². The first-order chi connectivity index (χ1) is 14.0. The lowest BCUT2D eigenvalue weighted by atomic mass is 9.78. The second-order valence-corrected chi connectivity index (χ2v) is 7.73. The van der Waals surface area contributed by atoms with Crippen molar-refractivity contribution in [2.24, 2.45) is 0 Å². The van der Waals surface area contributed by atoms with Crippen molar-refractivity contribution in [2.45, 2.75) is 38.3 Å². The lowest BCUT2D eigenvalue weighted by Gasteiger charge is -2.32. The van der Waals surface area contributed by atoms with E-state index in [-0.39, 0.29) is 18.3 Å². The smallest absolute Gasteiger partial charge is 0.325 e. The highest BCUT2D eigenvalue weighted by molar-refractivity contribution is 6.07. The number of hydrogen-bond acceptors (Lipinski definition) is 5. The molecule has 1 unspecified atom stereocenters. The van der Waals surface area contributed by atoms with Gasteiger partial charge < -0.3 is 9.84 Å². The number of carbonyl (C=O) groups excluding carboxylic acids is 2. The van der Waals surface area contributed by atoms with E-state index in [2.05, 4.69) is 21.5 Å². The molecule has 5 rings (SSSR count). The van der Waals surface area contributed by atoms with E-state index in [0.29, 0.717) is 18.7 Å². The fraction of sp³-hybridized carbons (Fsp3) is 0.273. The van der Waals surface area contributed by atoms with Crippen LogP contribution in [0.2, 0.25) is 0 Å². The summed E-state index contributed by atoms with van der Waals surface area (Å²) in [6, 6.07) is 15.4. The molecule has 2 aromatic carbocycles. The van der Waals surface area contributed by atoms with Gasteiger partial charge in [0.05, 0.1) is 0 Å². The van der Waals surface area contributed by atoms with Gasteiger partial charge in [0.1, 0.15) is 12.1 Å². The minimum absolute atomic E-state index is 0.0348. The number of aromatic nitrogens is 2. The van der Waals surface area contributed by atoms with Crippen molar-refractivity contribution in [1.82, 2.24) is 20.4 Å². The van der Waals surface area contributed by atoms with E-state index in [1.54, 1.807) is 0 Å². The molecule has 1 N–H and O–H groups in total. The van der Waals surface area contributed by atoms with Crippen LogP contribution in [0.15, 0.2) is 53.1 Å². The van der Waals surface area contributed by atoms with Gasteiger partial charge in [0, 0.05) is 12.0 Å². The maximum Gasteiger partial charge on any atom is 0.325 e. The summed E-state index contributed by atoms with van der Waals surface area (Å²) in [5, 5.41) is 6.91. The molecule has 1 atom stereocenters. The number of nitrogens with one attached hydrogen (secondary N) is 1. The van der Waals surface area contributed by atoms with E-state index in [1.807, 2.05) is 49.4 Å². The quantitative estimate of drug-likeness (QED) is 0.697. The van der Waals surface area contributed by atoms with Crippen LogP contribution in [0.3, 0.4) is 0 Å². The Hall–Kier alpha value is -3.48. The van der Waals surface area contributed by atoms with Crippen LogP contribution in [0.1, 0.15) is 29.0 Å². The predicted molar refractivity (Wildman–Crippen MR) is 105 cm³/mol. The van der Waals surface area contributed by atoms with Gasteiger partial charge in [-0.1, -0.05) is 59.3 Å². The molecule has 0 saturated carbocycles. The van der Waals surface area contributed by atoms with Gasteiger partial charge in [-0.3, -0.25) is 9.69 Å². The monoisotopic (exact) mass is 388 g/mol. The molecule has 1 aliphatic heterocycles. The number of amides is 3. The third kappa shape index (κ3) is 2.99. The Morgan fingerprint density at radius 3 is 2.66 bits per heavy atom. The number of benzene rings is 2. The molecule has 29 heavy (non-hydrogen) atoms. The third-order valence-corrected chi connectivity index (χ3v) is 5.75. The fourth-order valence-electron chi connectivity index (χ4n) is 4.12. The van der Waals surface area contributed by atoms with Crippen molar-refractivity contribution in [3.8, 4) is 11.4 Å². The van der Waals surface area contributed by atoms with Crippen molar-refractivity contribution in [3.63, 3.8) is 0 Å². The van der Waals surface area contributed by atoms with Gasteiger partial charge >= 0.3 is 6.03 Å². The van der Waals surface area contributed by atoms with Gasteiger partial charge in [-0.25, -0.2) is 4.79 Å². The SMILES string of the molecule is Cc1ccc(-c2noc(CN3C(=O)NC4(CCc5ccccc5C4)C3=O)n2)cc1. The molecular weight excluding hydrogens is 368 g/mol. The van der Waals surface area contributed by atoms with E-state index >= 15 is 0 Å². The largest absolute Gasteiger partial charge is 0.337 e. The van der Waals surface area contributed by atoms with Crippen LogP contribution in [0.25, 0.3) is 11.4 Å². The summed E-state index contributed by atoms with van der Waals surface area (Å²) in [7, 11) is 0.